The third-order valence-corrected chi connectivity index (χ3v) is 1.30. The van der Waals surface area contributed by atoms with E-state index in [1.807, 2.05) is 0 Å². The molecule has 6 heteroatoms. The highest BCUT2D eigenvalue weighted by Gasteiger charge is 2.15. The second-order valence-corrected chi connectivity index (χ2v) is 2.20. The van der Waals surface area contributed by atoms with Gasteiger partial charge in [0.25, 0.3) is 6.20 Å². The van der Waals surface area contributed by atoms with E-state index in [4.69, 9.17) is 0 Å². The highest BCUT2D eigenvalue weighted by Crippen LogP contribution is 1.93. The SMILES string of the molecule is CCOC(=O)c1c[n+](=O)c(F)c[nH]1. The molecule has 0 unspecified atom stereocenters. The maximum Gasteiger partial charge on any atom is 0.429 e. The minimum atomic E-state index is -1.01. The minimum Gasteiger partial charge on any atom is -0.461 e. The van der Waals surface area contributed by atoms with Crippen molar-refractivity contribution in [2.45, 2.75) is 6.92 Å². The Morgan fingerprint density at radius 3 is 3.00 bits per heavy atom. The van der Waals surface area contributed by atoms with Crippen LogP contribution in [0.2, 0.25) is 0 Å². The number of nitrogens with zero attached hydrogens (tertiary/aromatic N) is 1. The Hall–Kier alpha value is -1.72. The number of carbonyl (C=O) groups is 1. The number of halogens is 1. The van der Waals surface area contributed by atoms with Crippen LogP contribution < -0.4 is 4.43 Å². The molecule has 1 heterocycles. The third-order valence-electron chi connectivity index (χ3n) is 1.30. The van der Waals surface area contributed by atoms with E-state index in [2.05, 4.69) is 9.72 Å². The van der Waals surface area contributed by atoms with Gasteiger partial charge in [0.1, 0.15) is 10.6 Å². The molecule has 70 valence electrons. The topological polar surface area (TPSA) is 65.1 Å². The minimum absolute atomic E-state index is 0.0528. The first kappa shape index (κ1) is 9.37. The molecule has 0 atom stereocenters. The van der Waals surface area contributed by atoms with E-state index >= 15 is 0 Å². The average Bonchev–Trinajstić information content (AvgIpc) is 2.10. The maximum atomic E-state index is 12.4. The summed E-state index contributed by atoms with van der Waals surface area (Å²) < 4.78 is 16.9. The molecule has 0 aliphatic carbocycles. The molecule has 0 radical (unpaired) electrons. The van der Waals surface area contributed by atoms with Gasteiger partial charge in [0.2, 0.25) is 0 Å². The molecule has 0 fully saturated rings. The number of hydrogen-bond donors (Lipinski definition) is 1. The third kappa shape index (κ3) is 2.11. The lowest BCUT2D eigenvalue weighted by Crippen LogP contribution is -2.23. The number of hydrogen-bond acceptors (Lipinski definition) is 3. The summed E-state index contributed by atoms with van der Waals surface area (Å²) in [6.45, 7) is 1.83. The second kappa shape index (κ2) is 3.79. The fourth-order valence-electron chi connectivity index (χ4n) is 0.738. The molecule has 5 nitrogen and oxygen atoms in total. The molecule has 0 saturated carbocycles. The van der Waals surface area contributed by atoms with Crippen LogP contribution in [0.1, 0.15) is 17.4 Å². The van der Waals surface area contributed by atoms with E-state index in [0.717, 1.165) is 12.4 Å². The van der Waals surface area contributed by atoms with Crippen molar-refractivity contribution in [3.63, 3.8) is 0 Å². The van der Waals surface area contributed by atoms with Gasteiger partial charge in [-0.1, -0.05) is 0 Å². The summed E-state index contributed by atoms with van der Waals surface area (Å²) in [7, 11) is 0. The molecule has 13 heavy (non-hydrogen) atoms. The molecular weight excluding hydrogens is 179 g/mol. The van der Waals surface area contributed by atoms with Crippen molar-refractivity contribution in [3.8, 4) is 0 Å². The van der Waals surface area contributed by atoms with Crippen LogP contribution in [0.25, 0.3) is 0 Å². The number of H-pyrrole nitrogens is 1. The molecule has 1 N–H and O–H groups in total. The number of esters is 1. The fraction of sp³-hybridized carbons (Fsp3) is 0.286. The van der Waals surface area contributed by atoms with Gasteiger partial charge in [0.15, 0.2) is 5.69 Å². The van der Waals surface area contributed by atoms with Gasteiger partial charge in [-0.3, -0.25) is 0 Å². The first-order valence-corrected chi connectivity index (χ1v) is 3.62. The predicted octanol–water partition coefficient (Wildman–Crippen LogP) is 0.245. The van der Waals surface area contributed by atoms with Crippen LogP contribution in [0.4, 0.5) is 4.39 Å². The van der Waals surface area contributed by atoms with E-state index in [-0.39, 0.29) is 16.7 Å². The molecule has 0 bridgehead atoms. The van der Waals surface area contributed by atoms with Crippen LogP contribution in [-0.2, 0) is 4.74 Å². The molecule has 0 saturated heterocycles. The molecule has 0 amide bonds. The normalized spacial score (nSPS) is 9.69. The molecule has 0 spiro atoms. The van der Waals surface area contributed by atoms with Gasteiger partial charge in [0, 0.05) is 4.91 Å². The van der Waals surface area contributed by atoms with Crippen molar-refractivity contribution in [2.75, 3.05) is 6.61 Å². The van der Waals surface area contributed by atoms with Gasteiger partial charge >= 0.3 is 11.9 Å². The number of rotatable bonds is 2. The number of carbonyl (C=O) groups excluding carboxylic acids is 1. The summed E-state index contributed by atoms with van der Waals surface area (Å²) in [5.41, 5.74) is -0.0850. The molecular formula is C7H8FN2O3+. The predicted molar refractivity (Wildman–Crippen MR) is 40.1 cm³/mol. The van der Waals surface area contributed by atoms with Gasteiger partial charge in [-0.05, 0) is 6.92 Å². The van der Waals surface area contributed by atoms with E-state index < -0.39 is 11.9 Å². The number of aromatic nitrogens is 2. The standard InChI is InChI=1S/C7H8FN2O3/c1-2-13-7(11)5-4-10(12)6(8)3-9-5/h3-4H,2H2,1H3,(H,9,12)/q+1. The van der Waals surface area contributed by atoms with Gasteiger partial charge < -0.3 is 9.72 Å². The zero-order valence-corrected chi connectivity index (χ0v) is 6.91. The Balaban J connectivity index is 2.97. The van der Waals surface area contributed by atoms with E-state index in [1.54, 1.807) is 6.92 Å². The van der Waals surface area contributed by atoms with Gasteiger partial charge in [-0.2, -0.15) is 0 Å². The van der Waals surface area contributed by atoms with Crippen molar-refractivity contribution in [1.82, 2.24) is 4.98 Å². The summed E-state index contributed by atoms with van der Waals surface area (Å²) in [6, 6.07) is 0. The number of nitrogens with one attached hydrogen (secondary N) is 1. The monoisotopic (exact) mass is 187 g/mol. The lowest BCUT2D eigenvalue weighted by Gasteiger charge is -1.96. The molecule has 1 aromatic heterocycles. The summed E-state index contributed by atoms with van der Waals surface area (Å²) in [5, 5.41) is 0. The van der Waals surface area contributed by atoms with E-state index in [0.29, 0.717) is 0 Å². The molecule has 1 aromatic rings. The molecule has 1 rings (SSSR count). The Morgan fingerprint density at radius 2 is 2.46 bits per heavy atom. The second-order valence-electron chi connectivity index (χ2n) is 2.20. The van der Waals surface area contributed by atoms with Gasteiger partial charge in [-0.15, -0.1) is 4.39 Å². The zero-order chi connectivity index (χ0) is 9.84. The average molecular weight is 187 g/mol. The first-order chi connectivity index (χ1) is 6.15. The fourth-order valence-corrected chi connectivity index (χ4v) is 0.738. The largest absolute Gasteiger partial charge is 0.461 e. The van der Waals surface area contributed by atoms with Crippen LogP contribution in [0.3, 0.4) is 0 Å². The summed E-state index contributed by atoms with van der Waals surface area (Å²) in [5.74, 6) is -1.69. The Bertz CT molecular complexity index is 374. The quantitative estimate of drug-likeness (QED) is 0.533. The maximum absolute atomic E-state index is 12.4. The smallest absolute Gasteiger partial charge is 0.429 e. The van der Waals surface area contributed by atoms with Crippen molar-refractivity contribution < 1.29 is 18.3 Å². The summed E-state index contributed by atoms with van der Waals surface area (Å²) in [6.07, 6.45) is 1.58. The van der Waals surface area contributed by atoms with Crippen molar-refractivity contribution >= 4 is 5.97 Å². The Morgan fingerprint density at radius 1 is 1.77 bits per heavy atom. The Labute approximate surface area is 72.8 Å². The molecule has 0 aliphatic heterocycles. The number of ether oxygens (including phenoxy) is 1. The van der Waals surface area contributed by atoms with E-state index in [1.165, 1.54) is 0 Å². The van der Waals surface area contributed by atoms with Crippen LogP contribution in [0.15, 0.2) is 12.4 Å². The molecule has 0 aromatic carbocycles. The lowest BCUT2D eigenvalue weighted by atomic mass is 10.4. The van der Waals surface area contributed by atoms with Crippen LogP contribution in [-0.4, -0.2) is 17.6 Å². The van der Waals surface area contributed by atoms with Crippen molar-refractivity contribution in [2.24, 2.45) is 0 Å². The Kier molecular flexibility index (Phi) is 2.73. The first-order valence-electron chi connectivity index (χ1n) is 3.62. The van der Waals surface area contributed by atoms with Crippen molar-refractivity contribution in [1.29, 1.82) is 0 Å². The zero-order valence-electron chi connectivity index (χ0n) is 6.91. The van der Waals surface area contributed by atoms with Gasteiger partial charge in [0.05, 0.1) is 6.61 Å². The van der Waals surface area contributed by atoms with Gasteiger partial charge in [-0.25, -0.2) is 4.79 Å². The molecule has 0 aliphatic rings. The number of aromatic amines is 1. The summed E-state index contributed by atoms with van der Waals surface area (Å²) in [4.78, 5) is 23.9. The lowest BCUT2D eigenvalue weighted by molar-refractivity contribution is -0.532. The summed E-state index contributed by atoms with van der Waals surface area (Å²) >= 11 is 0. The highest BCUT2D eigenvalue weighted by atomic mass is 19.1. The van der Waals surface area contributed by atoms with Crippen molar-refractivity contribution in [3.05, 3.63) is 28.9 Å². The van der Waals surface area contributed by atoms with Crippen LogP contribution in [0, 0.1) is 10.9 Å². The van der Waals surface area contributed by atoms with E-state index in [9.17, 15) is 14.1 Å². The van der Waals surface area contributed by atoms with Crippen LogP contribution in [0.5, 0.6) is 0 Å². The van der Waals surface area contributed by atoms with Crippen LogP contribution >= 0.6 is 0 Å². The highest BCUT2D eigenvalue weighted by molar-refractivity contribution is 5.86.